The fraction of sp³-hybridized carbons (Fsp3) is 0.222. The number of rotatable bonds is 5. The van der Waals surface area contributed by atoms with Crippen LogP contribution in [0.4, 0.5) is 0 Å². The van der Waals surface area contributed by atoms with Crippen LogP contribution < -0.4 is 0 Å². The molecule has 3 aromatic rings. The third-order valence-electron chi connectivity index (χ3n) is 3.72. The normalized spacial score (nSPS) is 12.3. The van der Waals surface area contributed by atoms with Gasteiger partial charge >= 0.3 is 5.97 Å². The molecule has 23 heavy (non-hydrogen) atoms. The van der Waals surface area contributed by atoms with Gasteiger partial charge in [0.25, 0.3) is 0 Å². The second-order valence-electron chi connectivity index (χ2n) is 5.32. The Morgan fingerprint density at radius 1 is 1.22 bits per heavy atom. The maximum Gasteiger partial charge on any atom is 0.313 e. The molecule has 0 aliphatic carbocycles. The largest absolute Gasteiger partial charge is 0.459 e. The number of imidazole rings is 1. The van der Waals surface area contributed by atoms with Gasteiger partial charge in [-0.2, -0.15) is 0 Å². The van der Waals surface area contributed by atoms with E-state index < -0.39 is 0 Å². The number of pyridine rings is 1. The predicted octanol–water partition coefficient (Wildman–Crippen LogP) is 4.22. The number of carbonyl (C=O) groups excluding carboxylic acids is 1. The lowest BCUT2D eigenvalue weighted by Gasteiger charge is -2.13. The number of hydrogen-bond donors (Lipinski definition) is 0. The summed E-state index contributed by atoms with van der Waals surface area (Å²) in [6.07, 6.45) is 4.29. The van der Waals surface area contributed by atoms with Crippen LogP contribution in [-0.2, 0) is 16.1 Å². The molecule has 0 bridgehead atoms. The fourth-order valence-corrected chi connectivity index (χ4v) is 2.72. The molecule has 3 rings (SSSR count). The standard InChI is InChI=1S/C18H17ClN2O2/c1-2-16(13-6-4-3-5-7-13)18(22)23-12-15-11-21-10-14(19)8-9-17(21)20-15/h3-11,16H,2,12H2,1H3. The van der Waals surface area contributed by atoms with Gasteiger partial charge in [0.1, 0.15) is 12.3 Å². The van der Waals surface area contributed by atoms with E-state index in [1.54, 1.807) is 12.3 Å². The number of fused-ring (bicyclic) bond motifs is 1. The van der Waals surface area contributed by atoms with Crippen molar-refractivity contribution in [1.82, 2.24) is 9.38 Å². The van der Waals surface area contributed by atoms with Crippen molar-refractivity contribution in [3.63, 3.8) is 0 Å². The van der Waals surface area contributed by atoms with Crippen molar-refractivity contribution < 1.29 is 9.53 Å². The second kappa shape index (κ2) is 6.84. The van der Waals surface area contributed by atoms with E-state index in [1.807, 2.05) is 53.9 Å². The highest BCUT2D eigenvalue weighted by Gasteiger charge is 2.20. The van der Waals surface area contributed by atoms with Crippen molar-refractivity contribution in [2.45, 2.75) is 25.9 Å². The average Bonchev–Trinajstić information content (AvgIpc) is 2.96. The SMILES string of the molecule is CCC(C(=O)OCc1cn2cc(Cl)ccc2n1)c1ccccc1. The quantitative estimate of drug-likeness (QED) is 0.658. The number of esters is 1. The number of hydrogen-bond acceptors (Lipinski definition) is 3. The number of aromatic nitrogens is 2. The summed E-state index contributed by atoms with van der Waals surface area (Å²) in [4.78, 5) is 16.8. The van der Waals surface area contributed by atoms with Gasteiger partial charge in [0.2, 0.25) is 0 Å². The summed E-state index contributed by atoms with van der Waals surface area (Å²) in [6, 6.07) is 13.3. The van der Waals surface area contributed by atoms with E-state index >= 15 is 0 Å². The molecule has 2 aromatic heterocycles. The Bertz CT molecular complexity index is 814. The molecule has 0 N–H and O–H groups in total. The number of ether oxygens (including phenoxy) is 1. The molecule has 0 spiro atoms. The lowest BCUT2D eigenvalue weighted by molar-refractivity contribution is -0.147. The molecule has 0 fully saturated rings. The molecule has 0 aliphatic heterocycles. The van der Waals surface area contributed by atoms with E-state index in [4.69, 9.17) is 16.3 Å². The van der Waals surface area contributed by atoms with Crippen LogP contribution in [-0.4, -0.2) is 15.4 Å². The van der Waals surface area contributed by atoms with Crippen LogP contribution in [0.25, 0.3) is 5.65 Å². The van der Waals surface area contributed by atoms with Gasteiger partial charge in [-0.3, -0.25) is 4.79 Å². The van der Waals surface area contributed by atoms with Crippen LogP contribution in [0, 0.1) is 0 Å². The molecular weight excluding hydrogens is 312 g/mol. The monoisotopic (exact) mass is 328 g/mol. The van der Waals surface area contributed by atoms with E-state index in [1.165, 1.54) is 0 Å². The van der Waals surface area contributed by atoms with Crippen LogP contribution in [0.5, 0.6) is 0 Å². The van der Waals surface area contributed by atoms with Crippen LogP contribution >= 0.6 is 11.6 Å². The lowest BCUT2D eigenvalue weighted by atomic mass is 9.97. The number of benzene rings is 1. The molecule has 0 saturated carbocycles. The molecule has 5 heteroatoms. The minimum absolute atomic E-state index is 0.154. The van der Waals surface area contributed by atoms with Crippen molar-refractivity contribution in [2.24, 2.45) is 0 Å². The smallest absolute Gasteiger partial charge is 0.313 e. The summed E-state index contributed by atoms with van der Waals surface area (Å²) < 4.78 is 7.27. The highest BCUT2D eigenvalue weighted by Crippen LogP contribution is 2.21. The third-order valence-corrected chi connectivity index (χ3v) is 3.95. The molecule has 2 heterocycles. The Morgan fingerprint density at radius 3 is 2.74 bits per heavy atom. The summed E-state index contributed by atoms with van der Waals surface area (Å²) in [5.74, 6) is -0.475. The first-order valence-electron chi connectivity index (χ1n) is 7.52. The van der Waals surface area contributed by atoms with Crippen LogP contribution in [0.3, 0.4) is 0 Å². The maximum absolute atomic E-state index is 12.3. The van der Waals surface area contributed by atoms with E-state index in [2.05, 4.69) is 4.98 Å². The molecule has 0 saturated heterocycles. The van der Waals surface area contributed by atoms with Gasteiger partial charge in [-0.05, 0) is 24.1 Å². The first-order chi connectivity index (χ1) is 11.2. The van der Waals surface area contributed by atoms with E-state index in [9.17, 15) is 4.79 Å². The Kier molecular flexibility index (Phi) is 4.63. The molecular formula is C18H17ClN2O2. The van der Waals surface area contributed by atoms with Crippen molar-refractivity contribution in [1.29, 1.82) is 0 Å². The van der Waals surface area contributed by atoms with Gasteiger partial charge in [-0.25, -0.2) is 4.98 Å². The molecule has 4 nitrogen and oxygen atoms in total. The fourth-order valence-electron chi connectivity index (χ4n) is 2.56. The lowest BCUT2D eigenvalue weighted by Crippen LogP contribution is -2.15. The zero-order chi connectivity index (χ0) is 16.2. The van der Waals surface area contributed by atoms with Crippen molar-refractivity contribution in [3.8, 4) is 0 Å². The zero-order valence-electron chi connectivity index (χ0n) is 12.8. The molecule has 1 aromatic carbocycles. The van der Waals surface area contributed by atoms with Gasteiger partial charge in [0.05, 0.1) is 16.6 Å². The topological polar surface area (TPSA) is 43.6 Å². The molecule has 0 aliphatic rings. The van der Waals surface area contributed by atoms with Crippen molar-refractivity contribution in [3.05, 3.63) is 71.1 Å². The zero-order valence-corrected chi connectivity index (χ0v) is 13.5. The molecule has 118 valence electrons. The second-order valence-corrected chi connectivity index (χ2v) is 5.76. The van der Waals surface area contributed by atoms with Gasteiger partial charge in [0.15, 0.2) is 0 Å². The summed E-state index contributed by atoms with van der Waals surface area (Å²) in [6.45, 7) is 2.13. The number of halogens is 1. The van der Waals surface area contributed by atoms with Gasteiger partial charge < -0.3 is 9.14 Å². The predicted molar refractivity (Wildman–Crippen MR) is 89.5 cm³/mol. The van der Waals surface area contributed by atoms with Crippen molar-refractivity contribution in [2.75, 3.05) is 0 Å². The minimum Gasteiger partial charge on any atom is -0.459 e. The Morgan fingerprint density at radius 2 is 2.00 bits per heavy atom. The number of nitrogens with zero attached hydrogens (tertiary/aromatic N) is 2. The first-order valence-corrected chi connectivity index (χ1v) is 7.90. The summed E-state index contributed by atoms with van der Waals surface area (Å²) >= 11 is 5.95. The minimum atomic E-state index is -0.248. The number of carbonyl (C=O) groups is 1. The van der Waals surface area contributed by atoms with Crippen LogP contribution in [0.1, 0.15) is 30.5 Å². The summed E-state index contributed by atoms with van der Waals surface area (Å²) in [5, 5.41) is 0.633. The molecule has 0 radical (unpaired) electrons. The summed E-state index contributed by atoms with van der Waals surface area (Å²) in [7, 11) is 0. The molecule has 0 amide bonds. The van der Waals surface area contributed by atoms with Gasteiger partial charge in [-0.15, -0.1) is 0 Å². The van der Waals surface area contributed by atoms with Crippen LogP contribution in [0.15, 0.2) is 54.9 Å². The Hall–Kier alpha value is -2.33. The van der Waals surface area contributed by atoms with E-state index in [-0.39, 0.29) is 18.5 Å². The van der Waals surface area contributed by atoms with Crippen LogP contribution in [0.2, 0.25) is 5.02 Å². The summed E-state index contributed by atoms with van der Waals surface area (Å²) in [5.41, 5.74) is 2.45. The van der Waals surface area contributed by atoms with Gasteiger partial charge in [-0.1, -0.05) is 48.9 Å². The molecule has 1 atom stereocenters. The Labute approximate surface area is 139 Å². The molecule has 1 unspecified atom stereocenters. The highest BCUT2D eigenvalue weighted by atomic mass is 35.5. The van der Waals surface area contributed by atoms with E-state index in [0.29, 0.717) is 17.1 Å². The van der Waals surface area contributed by atoms with Gasteiger partial charge in [0, 0.05) is 12.4 Å². The Balaban J connectivity index is 1.69. The first kappa shape index (κ1) is 15.6. The maximum atomic E-state index is 12.3. The third kappa shape index (κ3) is 3.54. The average molecular weight is 329 g/mol. The van der Waals surface area contributed by atoms with E-state index in [0.717, 1.165) is 11.2 Å². The highest BCUT2D eigenvalue weighted by molar-refractivity contribution is 6.30. The van der Waals surface area contributed by atoms with Crippen molar-refractivity contribution >= 4 is 23.2 Å².